The van der Waals surface area contributed by atoms with E-state index >= 15 is 0 Å². The molecule has 0 saturated heterocycles. The highest BCUT2D eigenvalue weighted by Gasteiger charge is 2.10. The summed E-state index contributed by atoms with van der Waals surface area (Å²) < 4.78 is 7.39. The standard InChI is InChI=1S/C16H20N4O/c1-11(2)17-9-14-6-4-5-13-7-8-20(16(13)14)10-15-18-12(3)19-21-15/h4-8,11,17H,9-10H2,1-3H3. The molecule has 0 aliphatic carbocycles. The molecule has 0 amide bonds. The van der Waals surface area contributed by atoms with Crippen molar-refractivity contribution in [3.8, 4) is 0 Å². The fraction of sp³-hybridized carbons (Fsp3) is 0.375. The van der Waals surface area contributed by atoms with E-state index in [0.29, 0.717) is 24.3 Å². The normalized spacial score (nSPS) is 11.6. The number of rotatable bonds is 5. The third-order valence-electron chi connectivity index (χ3n) is 3.45. The summed E-state index contributed by atoms with van der Waals surface area (Å²) in [5, 5.41) is 8.55. The van der Waals surface area contributed by atoms with Gasteiger partial charge in [-0.3, -0.25) is 0 Å². The average Bonchev–Trinajstić information content (AvgIpc) is 3.04. The number of fused-ring (bicyclic) bond motifs is 1. The predicted octanol–water partition coefficient (Wildman–Crippen LogP) is 2.88. The van der Waals surface area contributed by atoms with Crippen molar-refractivity contribution in [2.24, 2.45) is 0 Å². The largest absolute Gasteiger partial charge is 0.338 e. The van der Waals surface area contributed by atoms with Crippen LogP contribution in [0.5, 0.6) is 0 Å². The number of nitrogens with zero attached hydrogens (tertiary/aromatic N) is 3. The second kappa shape index (κ2) is 5.69. The average molecular weight is 284 g/mol. The maximum absolute atomic E-state index is 5.23. The van der Waals surface area contributed by atoms with Gasteiger partial charge in [-0.25, -0.2) is 0 Å². The summed E-state index contributed by atoms with van der Waals surface area (Å²) in [5.41, 5.74) is 2.50. The van der Waals surface area contributed by atoms with Gasteiger partial charge in [0.15, 0.2) is 5.82 Å². The Morgan fingerprint density at radius 2 is 2.14 bits per heavy atom. The molecule has 0 unspecified atom stereocenters. The van der Waals surface area contributed by atoms with E-state index < -0.39 is 0 Å². The van der Waals surface area contributed by atoms with Gasteiger partial charge in [0, 0.05) is 18.8 Å². The van der Waals surface area contributed by atoms with Gasteiger partial charge in [-0.05, 0) is 23.9 Å². The quantitative estimate of drug-likeness (QED) is 0.782. The molecule has 0 bridgehead atoms. The molecule has 2 aromatic heterocycles. The van der Waals surface area contributed by atoms with E-state index in [1.807, 2.05) is 6.92 Å². The molecule has 1 N–H and O–H groups in total. The fourth-order valence-corrected chi connectivity index (χ4v) is 2.48. The molecule has 5 nitrogen and oxygen atoms in total. The number of hydrogen-bond acceptors (Lipinski definition) is 4. The third-order valence-corrected chi connectivity index (χ3v) is 3.45. The molecule has 0 spiro atoms. The van der Waals surface area contributed by atoms with Gasteiger partial charge < -0.3 is 14.4 Å². The Hall–Kier alpha value is -2.14. The highest BCUT2D eigenvalue weighted by atomic mass is 16.5. The Kier molecular flexibility index (Phi) is 3.75. The van der Waals surface area contributed by atoms with Gasteiger partial charge in [0.2, 0.25) is 5.89 Å². The lowest BCUT2D eigenvalue weighted by Crippen LogP contribution is -2.22. The van der Waals surface area contributed by atoms with Gasteiger partial charge in [-0.1, -0.05) is 37.2 Å². The van der Waals surface area contributed by atoms with Crippen molar-refractivity contribution in [3.05, 3.63) is 47.7 Å². The zero-order chi connectivity index (χ0) is 14.8. The number of aromatic nitrogens is 3. The first-order valence-electron chi connectivity index (χ1n) is 7.23. The van der Waals surface area contributed by atoms with Crippen molar-refractivity contribution >= 4 is 10.9 Å². The lowest BCUT2D eigenvalue weighted by atomic mass is 10.1. The summed E-state index contributed by atoms with van der Waals surface area (Å²) in [7, 11) is 0. The van der Waals surface area contributed by atoms with Gasteiger partial charge in [-0.2, -0.15) is 4.98 Å². The van der Waals surface area contributed by atoms with E-state index in [9.17, 15) is 0 Å². The highest BCUT2D eigenvalue weighted by molar-refractivity contribution is 5.83. The van der Waals surface area contributed by atoms with Gasteiger partial charge in [0.05, 0.1) is 5.52 Å². The van der Waals surface area contributed by atoms with Crippen LogP contribution in [0.15, 0.2) is 35.0 Å². The lowest BCUT2D eigenvalue weighted by molar-refractivity contribution is 0.369. The van der Waals surface area contributed by atoms with Crippen LogP contribution in [-0.4, -0.2) is 20.7 Å². The summed E-state index contributed by atoms with van der Waals surface area (Å²) in [6.45, 7) is 7.59. The second-order valence-corrected chi connectivity index (χ2v) is 5.57. The van der Waals surface area contributed by atoms with Gasteiger partial charge in [0.1, 0.15) is 6.54 Å². The zero-order valence-corrected chi connectivity index (χ0v) is 12.6. The van der Waals surface area contributed by atoms with E-state index in [0.717, 1.165) is 6.54 Å². The number of hydrogen-bond donors (Lipinski definition) is 1. The molecule has 0 fully saturated rings. The minimum absolute atomic E-state index is 0.460. The SMILES string of the molecule is Cc1noc(Cn2ccc3cccc(CNC(C)C)c32)n1. The molecular formula is C16H20N4O. The molecule has 5 heteroatoms. The molecule has 0 radical (unpaired) electrons. The van der Waals surface area contributed by atoms with Crippen molar-refractivity contribution in [1.82, 2.24) is 20.0 Å². The van der Waals surface area contributed by atoms with E-state index in [1.54, 1.807) is 0 Å². The predicted molar refractivity (Wildman–Crippen MR) is 82.1 cm³/mol. The molecular weight excluding hydrogens is 264 g/mol. The van der Waals surface area contributed by atoms with Crippen LogP contribution >= 0.6 is 0 Å². The van der Waals surface area contributed by atoms with Crippen LogP contribution in [0.3, 0.4) is 0 Å². The topological polar surface area (TPSA) is 55.9 Å². The summed E-state index contributed by atoms with van der Waals surface area (Å²) in [6.07, 6.45) is 2.07. The van der Waals surface area contributed by atoms with E-state index in [4.69, 9.17) is 4.52 Å². The van der Waals surface area contributed by atoms with E-state index in [-0.39, 0.29) is 0 Å². The molecule has 110 valence electrons. The number of benzene rings is 1. The molecule has 0 saturated carbocycles. The third kappa shape index (κ3) is 2.97. The van der Waals surface area contributed by atoms with Crippen molar-refractivity contribution < 1.29 is 4.52 Å². The zero-order valence-electron chi connectivity index (χ0n) is 12.6. The molecule has 3 aromatic rings. The van der Waals surface area contributed by atoms with Gasteiger partial charge >= 0.3 is 0 Å². The molecule has 21 heavy (non-hydrogen) atoms. The van der Waals surface area contributed by atoms with Crippen LogP contribution in [0.1, 0.15) is 31.1 Å². The van der Waals surface area contributed by atoms with Gasteiger partial charge in [-0.15, -0.1) is 0 Å². The smallest absolute Gasteiger partial charge is 0.246 e. The van der Waals surface area contributed by atoms with Crippen molar-refractivity contribution in [2.45, 2.75) is 39.9 Å². The monoisotopic (exact) mass is 284 g/mol. The van der Waals surface area contributed by atoms with Crippen molar-refractivity contribution in [1.29, 1.82) is 0 Å². The summed E-state index contributed by atoms with van der Waals surface area (Å²) in [6, 6.07) is 8.97. The highest BCUT2D eigenvalue weighted by Crippen LogP contribution is 2.21. The molecule has 2 heterocycles. The Morgan fingerprint density at radius 3 is 2.86 bits per heavy atom. The molecule has 0 aliphatic rings. The maximum atomic E-state index is 5.23. The van der Waals surface area contributed by atoms with Gasteiger partial charge in [0.25, 0.3) is 0 Å². The minimum Gasteiger partial charge on any atom is -0.338 e. The molecule has 3 rings (SSSR count). The first-order chi connectivity index (χ1) is 10.1. The molecule has 0 atom stereocenters. The minimum atomic E-state index is 0.460. The van der Waals surface area contributed by atoms with Crippen LogP contribution in [0, 0.1) is 6.92 Å². The van der Waals surface area contributed by atoms with Crippen molar-refractivity contribution in [3.63, 3.8) is 0 Å². The number of para-hydroxylation sites is 1. The Labute approximate surface area is 124 Å². The van der Waals surface area contributed by atoms with Crippen LogP contribution in [-0.2, 0) is 13.1 Å². The lowest BCUT2D eigenvalue weighted by Gasteiger charge is -2.11. The number of aryl methyl sites for hydroxylation is 1. The first-order valence-corrected chi connectivity index (χ1v) is 7.23. The Balaban J connectivity index is 1.95. The summed E-state index contributed by atoms with van der Waals surface area (Å²) in [5.74, 6) is 1.31. The van der Waals surface area contributed by atoms with Crippen LogP contribution < -0.4 is 5.32 Å². The molecule has 0 aliphatic heterocycles. The second-order valence-electron chi connectivity index (χ2n) is 5.57. The molecule has 1 aromatic carbocycles. The maximum Gasteiger partial charge on any atom is 0.246 e. The van der Waals surface area contributed by atoms with Crippen LogP contribution in [0.25, 0.3) is 10.9 Å². The first kappa shape index (κ1) is 13.8. The summed E-state index contributed by atoms with van der Waals surface area (Å²) in [4.78, 5) is 4.28. The van der Waals surface area contributed by atoms with Crippen molar-refractivity contribution in [2.75, 3.05) is 0 Å². The fourth-order valence-electron chi connectivity index (χ4n) is 2.48. The van der Waals surface area contributed by atoms with E-state index in [1.165, 1.54) is 16.5 Å². The van der Waals surface area contributed by atoms with Crippen LogP contribution in [0.2, 0.25) is 0 Å². The van der Waals surface area contributed by atoms with Crippen LogP contribution in [0.4, 0.5) is 0 Å². The Bertz CT molecular complexity index is 742. The Morgan fingerprint density at radius 1 is 1.29 bits per heavy atom. The summed E-state index contributed by atoms with van der Waals surface area (Å²) >= 11 is 0. The number of nitrogens with one attached hydrogen (secondary N) is 1. The van der Waals surface area contributed by atoms with E-state index in [2.05, 4.69) is 64.3 Å².